The molecule has 4 rings (SSSR count). The number of amides is 1. The van der Waals surface area contributed by atoms with E-state index in [0.717, 1.165) is 11.4 Å². The maximum absolute atomic E-state index is 12.7. The van der Waals surface area contributed by atoms with Crippen LogP contribution in [-0.4, -0.2) is 36.1 Å². The lowest BCUT2D eigenvalue weighted by molar-refractivity contribution is 0.102. The molecule has 0 spiro atoms. The van der Waals surface area contributed by atoms with Crippen LogP contribution in [0, 0.1) is 13.8 Å². The average molecular weight is 416 g/mol. The van der Waals surface area contributed by atoms with Crippen molar-refractivity contribution >= 4 is 45.8 Å². The standard InChI is InChI=1S/C18H15Cl2N7O/c1-9-14(24-26-23-9)8-27-17-15(10(2)25-27)16(20)13(7-21-17)18(28)22-12-5-3-11(19)4-6-12/h3-7H,8H2,1-2H3,(H,22,28)(H,23,24,26). The number of hydrogen-bond donors (Lipinski definition) is 2. The van der Waals surface area contributed by atoms with Gasteiger partial charge in [0.05, 0.1) is 33.9 Å². The summed E-state index contributed by atoms with van der Waals surface area (Å²) in [6.07, 6.45) is 1.45. The Hall–Kier alpha value is -2.97. The fraction of sp³-hybridized carbons (Fsp3) is 0.167. The molecule has 0 aliphatic carbocycles. The quantitative estimate of drug-likeness (QED) is 0.527. The van der Waals surface area contributed by atoms with Gasteiger partial charge in [0.15, 0.2) is 5.65 Å². The molecule has 0 aliphatic heterocycles. The van der Waals surface area contributed by atoms with E-state index in [0.29, 0.717) is 39.0 Å². The molecule has 0 radical (unpaired) electrons. The fourth-order valence-electron chi connectivity index (χ4n) is 2.87. The first-order valence-corrected chi connectivity index (χ1v) is 9.14. The van der Waals surface area contributed by atoms with Crippen molar-refractivity contribution in [3.05, 3.63) is 63.2 Å². The molecule has 1 amide bonds. The number of fused-ring (bicyclic) bond motifs is 1. The molecule has 142 valence electrons. The SMILES string of the molecule is Cc1[nH]nnc1Cn1nc(C)c2c(Cl)c(C(=O)Nc3ccc(Cl)cc3)cnc21. The summed E-state index contributed by atoms with van der Waals surface area (Å²) in [4.78, 5) is 17.1. The van der Waals surface area contributed by atoms with E-state index in [4.69, 9.17) is 23.2 Å². The number of pyridine rings is 1. The zero-order valence-electron chi connectivity index (χ0n) is 15.0. The van der Waals surface area contributed by atoms with Crippen LogP contribution in [0.25, 0.3) is 11.0 Å². The van der Waals surface area contributed by atoms with Gasteiger partial charge < -0.3 is 5.32 Å². The molecule has 1 aromatic carbocycles. The molecule has 8 nitrogen and oxygen atoms in total. The van der Waals surface area contributed by atoms with Crippen molar-refractivity contribution in [1.29, 1.82) is 0 Å². The minimum absolute atomic E-state index is 0.268. The van der Waals surface area contributed by atoms with Gasteiger partial charge in [0.1, 0.15) is 5.69 Å². The molecule has 0 unspecified atom stereocenters. The Morgan fingerprint density at radius 3 is 2.64 bits per heavy atom. The van der Waals surface area contributed by atoms with Gasteiger partial charge in [-0.05, 0) is 38.1 Å². The van der Waals surface area contributed by atoms with Gasteiger partial charge in [-0.3, -0.25) is 9.89 Å². The number of halogens is 2. The molecule has 2 N–H and O–H groups in total. The molecule has 0 saturated carbocycles. The number of benzene rings is 1. The Labute approximate surface area is 169 Å². The number of carbonyl (C=O) groups excluding carboxylic acids is 1. The summed E-state index contributed by atoms with van der Waals surface area (Å²) in [7, 11) is 0. The molecule has 0 saturated heterocycles. The van der Waals surface area contributed by atoms with Crippen molar-refractivity contribution in [3.63, 3.8) is 0 Å². The van der Waals surface area contributed by atoms with E-state index < -0.39 is 0 Å². The summed E-state index contributed by atoms with van der Waals surface area (Å²) in [6.45, 7) is 4.10. The Morgan fingerprint density at radius 1 is 1.21 bits per heavy atom. The zero-order chi connectivity index (χ0) is 19.8. The van der Waals surface area contributed by atoms with Crippen LogP contribution in [0.5, 0.6) is 0 Å². The number of anilines is 1. The minimum Gasteiger partial charge on any atom is -0.322 e. The van der Waals surface area contributed by atoms with E-state index in [-0.39, 0.29) is 11.5 Å². The molecule has 0 fully saturated rings. The average Bonchev–Trinajstić information content (AvgIpc) is 3.21. The van der Waals surface area contributed by atoms with E-state index >= 15 is 0 Å². The first-order valence-electron chi connectivity index (χ1n) is 8.39. The molecule has 28 heavy (non-hydrogen) atoms. The fourth-order valence-corrected chi connectivity index (χ4v) is 3.35. The van der Waals surface area contributed by atoms with E-state index in [9.17, 15) is 4.79 Å². The number of nitrogens with zero attached hydrogens (tertiary/aromatic N) is 5. The maximum atomic E-state index is 12.7. The van der Waals surface area contributed by atoms with Crippen molar-refractivity contribution in [3.8, 4) is 0 Å². The number of aromatic amines is 1. The smallest absolute Gasteiger partial charge is 0.258 e. The Bertz CT molecular complexity index is 1180. The molecule has 10 heteroatoms. The zero-order valence-corrected chi connectivity index (χ0v) is 16.5. The lowest BCUT2D eigenvalue weighted by Gasteiger charge is -2.08. The number of hydrogen-bond acceptors (Lipinski definition) is 5. The maximum Gasteiger partial charge on any atom is 0.258 e. The molecule has 3 heterocycles. The van der Waals surface area contributed by atoms with Gasteiger partial charge in [0.2, 0.25) is 0 Å². The second kappa shape index (κ2) is 7.21. The summed E-state index contributed by atoms with van der Waals surface area (Å²) in [5, 5.41) is 19.4. The highest BCUT2D eigenvalue weighted by Crippen LogP contribution is 2.29. The van der Waals surface area contributed by atoms with Gasteiger partial charge in [0, 0.05) is 16.9 Å². The van der Waals surface area contributed by atoms with Gasteiger partial charge in [-0.15, -0.1) is 5.10 Å². The first kappa shape index (κ1) is 18.4. The third kappa shape index (κ3) is 3.32. The number of aromatic nitrogens is 6. The van der Waals surface area contributed by atoms with Crippen LogP contribution in [0.4, 0.5) is 5.69 Å². The highest BCUT2D eigenvalue weighted by molar-refractivity contribution is 6.39. The normalized spacial score (nSPS) is 11.1. The Morgan fingerprint density at radius 2 is 1.96 bits per heavy atom. The van der Waals surface area contributed by atoms with E-state index in [1.54, 1.807) is 28.9 Å². The summed E-state index contributed by atoms with van der Waals surface area (Å²) >= 11 is 12.4. The molecular weight excluding hydrogens is 401 g/mol. The topological polar surface area (TPSA) is 101 Å². The van der Waals surface area contributed by atoms with Gasteiger partial charge >= 0.3 is 0 Å². The summed E-state index contributed by atoms with van der Waals surface area (Å²) in [5.41, 5.74) is 3.74. The Balaban J connectivity index is 1.69. The highest BCUT2D eigenvalue weighted by Gasteiger charge is 2.20. The van der Waals surface area contributed by atoms with Crippen LogP contribution < -0.4 is 5.32 Å². The van der Waals surface area contributed by atoms with Crippen molar-refractivity contribution in [2.24, 2.45) is 0 Å². The molecular formula is C18H15Cl2N7O. The number of carbonyl (C=O) groups is 1. The summed E-state index contributed by atoms with van der Waals surface area (Å²) < 4.78 is 1.70. The third-order valence-corrected chi connectivity index (χ3v) is 4.98. The van der Waals surface area contributed by atoms with Crippen LogP contribution in [0.15, 0.2) is 30.5 Å². The Kier molecular flexibility index (Phi) is 4.74. The van der Waals surface area contributed by atoms with Gasteiger partial charge in [-0.2, -0.15) is 5.10 Å². The monoisotopic (exact) mass is 415 g/mol. The van der Waals surface area contributed by atoms with Crippen molar-refractivity contribution in [1.82, 2.24) is 30.2 Å². The molecule has 0 bridgehead atoms. The van der Waals surface area contributed by atoms with E-state index in [2.05, 4.69) is 30.8 Å². The van der Waals surface area contributed by atoms with Gasteiger partial charge in [0.25, 0.3) is 5.91 Å². The lowest BCUT2D eigenvalue weighted by Crippen LogP contribution is -2.13. The van der Waals surface area contributed by atoms with E-state index in [1.807, 2.05) is 13.8 Å². The van der Waals surface area contributed by atoms with Crippen molar-refractivity contribution in [2.75, 3.05) is 5.32 Å². The second-order valence-electron chi connectivity index (χ2n) is 6.27. The second-order valence-corrected chi connectivity index (χ2v) is 7.09. The molecule has 3 aromatic heterocycles. The van der Waals surface area contributed by atoms with Gasteiger partial charge in [-0.1, -0.05) is 28.4 Å². The first-order chi connectivity index (χ1) is 13.4. The largest absolute Gasteiger partial charge is 0.322 e. The highest BCUT2D eigenvalue weighted by atomic mass is 35.5. The van der Waals surface area contributed by atoms with Crippen LogP contribution in [0.3, 0.4) is 0 Å². The van der Waals surface area contributed by atoms with Crippen molar-refractivity contribution < 1.29 is 4.79 Å². The number of aryl methyl sites for hydroxylation is 2. The predicted octanol–water partition coefficient (Wildman–Crippen LogP) is 3.77. The molecule has 4 aromatic rings. The van der Waals surface area contributed by atoms with Crippen LogP contribution in [0.2, 0.25) is 10.0 Å². The predicted molar refractivity (Wildman–Crippen MR) is 107 cm³/mol. The minimum atomic E-state index is -0.360. The van der Waals surface area contributed by atoms with Gasteiger partial charge in [-0.25, -0.2) is 9.67 Å². The third-order valence-electron chi connectivity index (χ3n) is 4.34. The number of nitrogens with one attached hydrogen (secondary N) is 2. The van der Waals surface area contributed by atoms with Crippen molar-refractivity contribution in [2.45, 2.75) is 20.4 Å². The van der Waals surface area contributed by atoms with Crippen LogP contribution >= 0.6 is 23.2 Å². The number of rotatable bonds is 4. The lowest BCUT2D eigenvalue weighted by atomic mass is 10.2. The molecule has 0 aliphatic rings. The summed E-state index contributed by atoms with van der Waals surface area (Å²) in [5.74, 6) is -0.360. The van der Waals surface area contributed by atoms with Crippen LogP contribution in [-0.2, 0) is 6.54 Å². The summed E-state index contributed by atoms with van der Waals surface area (Å²) in [6, 6.07) is 6.81. The van der Waals surface area contributed by atoms with Crippen LogP contribution in [0.1, 0.15) is 27.4 Å². The number of H-pyrrole nitrogens is 1. The molecule has 0 atom stereocenters. The van der Waals surface area contributed by atoms with E-state index in [1.165, 1.54) is 6.20 Å².